The molecule has 8 nitrogen and oxygen atoms in total. The highest BCUT2D eigenvalue weighted by molar-refractivity contribution is 5.95. The van der Waals surface area contributed by atoms with Crippen molar-refractivity contribution in [3.63, 3.8) is 0 Å². The molecule has 0 aliphatic carbocycles. The van der Waals surface area contributed by atoms with Crippen molar-refractivity contribution in [1.29, 1.82) is 0 Å². The molecular formula is C26H23FN6O2. The van der Waals surface area contributed by atoms with Gasteiger partial charge >= 0.3 is 0 Å². The molecule has 0 spiro atoms. The van der Waals surface area contributed by atoms with Crippen LogP contribution in [-0.4, -0.2) is 50.1 Å². The summed E-state index contributed by atoms with van der Waals surface area (Å²) in [6.45, 7) is 1.97. The van der Waals surface area contributed by atoms with Crippen LogP contribution in [0.25, 0.3) is 11.2 Å². The van der Waals surface area contributed by atoms with Gasteiger partial charge in [-0.25, -0.2) is 9.37 Å². The summed E-state index contributed by atoms with van der Waals surface area (Å²) in [5.41, 5.74) is 4.79. The molecule has 176 valence electrons. The second-order valence-corrected chi connectivity index (χ2v) is 8.57. The third-order valence-electron chi connectivity index (χ3n) is 6.56. The van der Waals surface area contributed by atoms with Gasteiger partial charge in [0.15, 0.2) is 5.65 Å². The number of nitrogens with one attached hydrogen (secondary N) is 1. The standard InChI is InChI=1S/C26H23FN6O2/c27-22-6-7-23-19(10-13-35-23)21(22)15-29-26-28-14-20(24-31-30-16-33(24)26)17-8-11-32(12-9-17)25(34)18-4-2-1-3-5-18/h1-8,14,16H,9-13,15H2,(H,28,29). The largest absolute Gasteiger partial charge is 0.493 e. The van der Waals surface area contributed by atoms with Crippen molar-refractivity contribution in [2.24, 2.45) is 0 Å². The van der Waals surface area contributed by atoms with Gasteiger partial charge in [-0.05, 0) is 36.3 Å². The number of benzene rings is 2. The summed E-state index contributed by atoms with van der Waals surface area (Å²) in [4.78, 5) is 19.2. The number of halogens is 1. The second kappa shape index (κ2) is 8.83. The number of aromatic nitrogens is 4. The summed E-state index contributed by atoms with van der Waals surface area (Å²) in [5, 5.41) is 11.6. The minimum Gasteiger partial charge on any atom is -0.493 e. The molecule has 2 aliphatic heterocycles. The zero-order valence-electron chi connectivity index (χ0n) is 18.9. The third kappa shape index (κ3) is 3.88. The van der Waals surface area contributed by atoms with Crippen LogP contribution in [0.3, 0.4) is 0 Å². The topological polar surface area (TPSA) is 84.7 Å². The molecule has 0 fully saturated rings. The van der Waals surface area contributed by atoms with E-state index in [0.717, 1.165) is 22.4 Å². The number of hydrogen-bond acceptors (Lipinski definition) is 6. The molecule has 9 heteroatoms. The highest BCUT2D eigenvalue weighted by Crippen LogP contribution is 2.31. The van der Waals surface area contributed by atoms with E-state index < -0.39 is 0 Å². The lowest BCUT2D eigenvalue weighted by Gasteiger charge is -2.26. The predicted octanol–water partition coefficient (Wildman–Crippen LogP) is 3.74. The monoisotopic (exact) mass is 470 g/mol. The van der Waals surface area contributed by atoms with Gasteiger partial charge in [-0.15, -0.1) is 10.2 Å². The lowest BCUT2D eigenvalue weighted by molar-refractivity contribution is 0.0773. The molecule has 0 saturated heterocycles. The number of fused-ring (bicyclic) bond motifs is 2. The molecule has 1 N–H and O–H groups in total. The van der Waals surface area contributed by atoms with Crippen LogP contribution in [0.4, 0.5) is 10.3 Å². The molecule has 2 aliphatic rings. The number of carbonyl (C=O) groups excluding carboxylic acids is 1. The summed E-state index contributed by atoms with van der Waals surface area (Å²) in [5.74, 6) is 1.03. The van der Waals surface area contributed by atoms with Crippen LogP contribution in [0.15, 0.2) is 61.1 Å². The second-order valence-electron chi connectivity index (χ2n) is 8.57. The Labute approximate surface area is 201 Å². The Hall–Kier alpha value is -4.27. The summed E-state index contributed by atoms with van der Waals surface area (Å²) >= 11 is 0. The quantitative estimate of drug-likeness (QED) is 0.478. The average molecular weight is 471 g/mol. The van der Waals surface area contributed by atoms with Crippen LogP contribution in [0.5, 0.6) is 5.75 Å². The van der Waals surface area contributed by atoms with Crippen molar-refractivity contribution < 1.29 is 13.9 Å². The van der Waals surface area contributed by atoms with Crippen molar-refractivity contribution in [1.82, 2.24) is 24.5 Å². The number of carbonyl (C=O) groups is 1. The molecular weight excluding hydrogens is 447 g/mol. The molecule has 0 saturated carbocycles. The lowest BCUT2D eigenvalue weighted by Crippen LogP contribution is -2.34. The molecule has 2 aromatic carbocycles. The number of anilines is 1. The van der Waals surface area contributed by atoms with Crippen molar-refractivity contribution in [3.8, 4) is 5.75 Å². The van der Waals surface area contributed by atoms with Crippen molar-refractivity contribution >= 4 is 23.1 Å². The van der Waals surface area contributed by atoms with E-state index in [9.17, 15) is 9.18 Å². The number of rotatable bonds is 5. The van der Waals surface area contributed by atoms with Gasteiger partial charge in [0, 0.05) is 54.5 Å². The minimum absolute atomic E-state index is 0.0243. The molecule has 4 heterocycles. The zero-order chi connectivity index (χ0) is 23.8. The molecule has 0 bridgehead atoms. The Bertz CT molecular complexity index is 1450. The van der Waals surface area contributed by atoms with Crippen LogP contribution in [0, 0.1) is 5.82 Å². The first-order chi connectivity index (χ1) is 17.2. The molecule has 4 aromatic rings. The molecule has 0 radical (unpaired) electrons. The van der Waals surface area contributed by atoms with Gasteiger partial charge in [-0.1, -0.05) is 24.3 Å². The van der Waals surface area contributed by atoms with E-state index in [2.05, 4.69) is 20.5 Å². The molecule has 2 aromatic heterocycles. The van der Waals surface area contributed by atoms with Crippen molar-refractivity contribution in [3.05, 3.63) is 89.1 Å². The Morgan fingerprint density at radius 2 is 2.03 bits per heavy atom. The van der Waals surface area contributed by atoms with E-state index in [1.807, 2.05) is 41.3 Å². The van der Waals surface area contributed by atoms with Gasteiger partial charge in [0.1, 0.15) is 17.9 Å². The van der Waals surface area contributed by atoms with E-state index in [4.69, 9.17) is 4.74 Å². The molecule has 0 unspecified atom stereocenters. The smallest absolute Gasteiger partial charge is 0.254 e. The molecule has 0 atom stereocenters. The van der Waals surface area contributed by atoms with Crippen LogP contribution < -0.4 is 10.1 Å². The predicted molar refractivity (Wildman–Crippen MR) is 129 cm³/mol. The summed E-state index contributed by atoms with van der Waals surface area (Å²) in [6.07, 6.45) is 6.79. The minimum atomic E-state index is -0.264. The summed E-state index contributed by atoms with van der Waals surface area (Å²) < 4.78 is 21.9. The fourth-order valence-electron chi connectivity index (χ4n) is 4.71. The van der Waals surface area contributed by atoms with E-state index >= 15 is 0 Å². The number of hydrogen-bond donors (Lipinski definition) is 1. The highest BCUT2D eigenvalue weighted by atomic mass is 19.1. The number of amides is 1. The number of ether oxygens (including phenoxy) is 1. The van der Waals surface area contributed by atoms with Crippen LogP contribution >= 0.6 is 0 Å². The van der Waals surface area contributed by atoms with E-state index in [1.165, 1.54) is 6.07 Å². The maximum atomic E-state index is 14.5. The van der Waals surface area contributed by atoms with E-state index in [1.54, 1.807) is 23.0 Å². The normalized spacial score (nSPS) is 15.0. The van der Waals surface area contributed by atoms with E-state index in [-0.39, 0.29) is 18.3 Å². The van der Waals surface area contributed by atoms with Gasteiger partial charge in [0.25, 0.3) is 5.91 Å². The lowest BCUT2D eigenvalue weighted by atomic mass is 10.0. The zero-order valence-corrected chi connectivity index (χ0v) is 18.9. The Balaban J connectivity index is 1.22. The molecule has 1 amide bonds. The molecule has 6 rings (SSSR count). The van der Waals surface area contributed by atoms with Crippen LogP contribution in [0.2, 0.25) is 0 Å². The third-order valence-corrected chi connectivity index (χ3v) is 6.56. The fraction of sp³-hybridized carbons (Fsp3) is 0.231. The van der Waals surface area contributed by atoms with Gasteiger partial charge in [-0.2, -0.15) is 0 Å². The van der Waals surface area contributed by atoms with Crippen LogP contribution in [0.1, 0.15) is 33.5 Å². The van der Waals surface area contributed by atoms with Gasteiger partial charge < -0.3 is 15.0 Å². The number of nitrogens with zero attached hydrogens (tertiary/aromatic N) is 5. The SMILES string of the molecule is O=C(c1ccccc1)N1CC=C(c2cnc(NCc3c(F)ccc4c3CCO4)n3cnnc23)CC1. The summed E-state index contributed by atoms with van der Waals surface area (Å²) in [7, 11) is 0. The van der Waals surface area contributed by atoms with Gasteiger partial charge in [0.05, 0.1) is 6.61 Å². The Morgan fingerprint density at radius 1 is 1.14 bits per heavy atom. The van der Waals surface area contributed by atoms with Gasteiger partial charge in [0.2, 0.25) is 5.95 Å². The maximum absolute atomic E-state index is 14.5. The fourth-order valence-corrected chi connectivity index (χ4v) is 4.71. The van der Waals surface area contributed by atoms with Gasteiger partial charge in [-0.3, -0.25) is 9.20 Å². The Kier molecular flexibility index (Phi) is 5.36. The first-order valence-electron chi connectivity index (χ1n) is 11.6. The van der Waals surface area contributed by atoms with Crippen molar-refractivity contribution in [2.45, 2.75) is 19.4 Å². The average Bonchev–Trinajstić information content (AvgIpc) is 3.59. The maximum Gasteiger partial charge on any atom is 0.254 e. The Morgan fingerprint density at radius 3 is 2.86 bits per heavy atom. The molecule has 35 heavy (non-hydrogen) atoms. The first kappa shape index (κ1) is 21.3. The van der Waals surface area contributed by atoms with Crippen molar-refractivity contribution in [2.75, 3.05) is 25.0 Å². The van der Waals surface area contributed by atoms with Crippen LogP contribution in [-0.2, 0) is 13.0 Å². The highest BCUT2D eigenvalue weighted by Gasteiger charge is 2.22. The summed E-state index contributed by atoms with van der Waals surface area (Å²) in [6, 6.07) is 12.4. The van der Waals surface area contributed by atoms with E-state index in [0.29, 0.717) is 55.3 Å². The first-order valence-corrected chi connectivity index (χ1v) is 11.6.